The maximum atomic E-state index is 14.8. The van der Waals surface area contributed by atoms with E-state index in [1.807, 2.05) is 5.32 Å². The second-order valence-corrected chi connectivity index (χ2v) is 3.82. The van der Waals surface area contributed by atoms with Gasteiger partial charge in [0.15, 0.2) is 5.67 Å². The number of allylic oxidation sites excluding steroid dienone is 2. The van der Waals surface area contributed by atoms with Crippen molar-refractivity contribution in [1.82, 2.24) is 5.32 Å². The molecule has 0 fully saturated rings. The van der Waals surface area contributed by atoms with Crippen LogP contribution >= 0.6 is 0 Å². The number of hydrogen-bond acceptors (Lipinski definition) is 1. The van der Waals surface area contributed by atoms with Crippen LogP contribution in [0.2, 0.25) is 0 Å². The molecule has 1 aliphatic rings. The van der Waals surface area contributed by atoms with Crippen LogP contribution < -0.4 is 5.32 Å². The smallest absolute Gasteiger partial charge is 0.251 e. The molecular weight excluding hydrogens is 227 g/mol. The summed E-state index contributed by atoms with van der Waals surface area (Å²) in [6.07, 6.45) is 5.78. The van der Waals surface area contributed by atoms with Gasteiger partial charge in [-0.3, -0.25) is 5.32 Å². The number of rotatable bonds is 3. The summed E-state index contributed by atoms with van der Waals surface area (Å²) < 4.78 is 39.5. The highest BCUT2D eigenvalue weighted by Gasteiger charge is 2.39. The van der Waals surface area contributed by atoms with Gasteiger partial charge < -0.3 is 0 Å². The third kappa shape index (κ3) is 2.42. The maximum Gasteiger partial charge on any atom is 0.292 e. The van der Waals surface area contributed by atoms with E-state index in [0.29, 0.717) is 5.56 Å². The maximum absolute atomic E-state index is 14.8. The van der Waals surface area contributed by atoms with Crippen molar-refractivity contribution >= 4 is 0 Å². The van der Waals surface area contributed by atoms with Crippen LogP contribution in [0.4, 0.5) is 13.2 Å². The highest BCUT2D eigenvalue weighted by atomic mass is 19.3. The summed E-state index contributed by atoms with van der Waals surface area (Å²) in [7, 11) is 0. The molecule has 1 aromatic carbocycles. The minimum Gasteiger partial charge on any atom is -0.251 e. The molecule has 1 aromatic rings. The van der Waals surface area contributed by atoms with Crippen LogP contribution in [-0.4, -0.2) is 12.6 Å². The Hall–Kier alpha value is -1.55. The van der Waals surface area contributed by atoms with Crippen LogP contribution in [0.15, 0.2) is 54.6 Å². The van der Waals surface area contributed by atoms with E-state index in [1.165, 1.54) is 18.2 Å². The first-order valence-electron chi connectivity index (χ1n) is 5.27. The molecule has 17 heavy (non-hydrogen) atoms. The van der Waals surface area contributed by atoms with Crippen LogP contribution in [-0.2, 0) is 5.67 Å². The molecule has 0 aromatic heterocycles. The fourth-order valence-corrected chi connectivity index (χ4v) is 1.90. The van der Waals surface area contributed by atoms with E-state index in [1.54, 1.807) is 36.4 Å². The van der Waals surface area contributed by atoms with E-state index in [4.69, 9.17) is 0 Å². The van der Waals surface area contributed by atoms with Crippen LogP contribution in [0.25, 0.3) is 0 Å². The van der Waals surface area contributed by atoms with Crippen molar-refractivity contribution in [3.63, 3.8) is 0 Å². The predicted octanol–water partition coefficient (Wildman–Crippen LogP) is 3.16. The van der Waals surface area contributed by atoms with Gasteiger partial charge in [-0.2, -0.15) is 8.78 Å². The summed E-state index contributed by atoms with van der Waals surface area (Å²) in [5.41, 5.74) is -1.58. The molecule has 0 saturated carbocycles. The summed E-state index contributed by atoms with van der Waals surface area (Å²) in [4.78, 5) is 0. The van der Waals surface area contributed by atoms with E-state index in [0.717, 1.165) is 0 Å². The molecule has 2 rings (SSSR count). The SMILES string of the molecule is FC(F)NC1C=CC=CC1(F)c1ccccc1. The van der Waals surface area contributed by atoms with Crippen molar-refractivity contribution < 1.29 is 13.2 Å². The Morgan fingerprint density at radius 1 is 1.12 bits per heavy atom. The number of halogens is 3. The van der Waals surface area contributed by atoms with Crippen molar-refractivity contribution in [2.75, 3.05) is 0 Å². The summed E-state index contributed by atoms with van der Waals surface area (Å²) >= 11 is 0. The van der Waals surface area contributed by atoms with Crippen molar-refractivity contribution in [2.45, 2.75) is 18.3 Å². The molecule has 1 N–H and O–H groups in total. The second-order valence-electron chi connectivity index (χ2n) is 3.82. The van der Waals surface area contributed by atoms with Gasteiger partial charge in [0, 0.05) is 0 Å². The lowest BCUT2D eigenvalue weighted by Gasteiger charge is -2.32. The van der Waals surface area contributed by atoms with Gasteiger partial charge in [0.05, 0.1) is 6.04 Å². The van der Waals surface area contributed by atoms with E-state index >= 15 is 0 Å². The highest BCUT2D eigenvalue weighted by molar-refractivity contribution is 5.36. The molecule has 0 bridgehead atoms. The quantitative estimate of drug-likeness (QED) is 0.799. The summed E-state index contributed by atoms with van der Waals surface area (Å²) in [5.74, 6) is 0. The third-order valence-electron chi connectivity index (χ3n) is 2.73. The topological polar surface area (TPSA) is 12.0 Å². The molecule has 90 valence electrons. The van der Waals surface area contributed by atoms with Gasteiger partial charge >= 0.3 is 0 Å². The molecule has 0 heterocycles. The molecule has 2 unspecified atom stereocenters. The zero-order chi connectivity index (χ0) is 12.3. The van der Waals surface area contributed by atoms with E-state index < -0.39 is 18.3 Å². The Bertz CT molecular complexity index is 428. The Labute approximate surface area is 97.6 Å². The largest absolute Gasteiger partial charge is 0.292 e. The van der Waals surface area contributed by atoms with Gasteiger partial charge in [-0.15, -0.1) is 0 Å². The molecule has 1 nitrogen and oxygen atoms in total. The highest BCUT2D eigenvalue weighted by Crippen LogP contribution is 2.34. The van der Waals surface area contributed by atoms with Crippen molar-refractivity contribution in [3.05, 3.63) is 60.2 Å². The average Bonchev–Trinajstić information content (AvgIpc) is 2.33. The van der Waals surface area contributed by atoms with Crippen LogP contribution in [0.1, 0.15) is 5.56 Å². The van der Waals surface area contributed by atoms with Gasteiger partial charge in [-0.05, 0) is 11.6 Å². The first-order chi connectivity index (χ1) is 8.13. The van der Waals surface area contributed by atoms with E-state index in [2.05, 4.69) is 0 Å². The lowest BCUT2D eigenvalue weighted by molar-refractivity contribution is 0.0635. The monoisotopic (exact) mass is 239 g/mol. The molecule has 0 aliphatic heterocycles. The summed E-state index contributed by atoms with van der Waals surface area (Å²) in [6.45, 7) is -2.75. The number of nitrogens with one attached hydrogen (secondary N) is 1. The molecule has 0 amide bonds. The Kier molecular flexibility index (Phi) is 3.33. The molecule has 0 saturated heterocycles. The lowest BCUT2D eigenvalue weighted by Crippen LogP contribution is -2.46. The number of benzene rings is 1. The standard InChI is InChI=1S/C13H12F3N/c14-12(15)17-11-8-4-5-9-13(11,16)10-6-2-1-3-7-10/h1-9,11-12,17H. The normalized spacial score (nSPS) is 27.6. The van der Waals surface area contributed by atoms with Gasteiger partial charge in [0.1, 0.15) is 0 Å². The first kappa shape index (κ1) is 11.9. The van der Waals surface area contributed by atoms with Gasteiger partial charge in [-0.25, -0.2) is 4.39 Å². The Morgan fingerprint density at radius 2 is 1.82 bits per heavy atom. The number of hydrogen-bond donors (Lipinski definition) is 1. The van der Waals surface area contributed by atoms with Crippen molar-refractivity contribution in [3.8, 4) is 0 Å². The third-order valence-corrected chi connectivity index (χ3v) is 2.73. The molecule has 1 aliphatic carbocycles. The molecule has 2 atom stereocenters. The van der Waals surface area contributed by atoms with Crippen molar-refractivity contribution in [2.24, 2.45) is 0 Å². The second kappa shape index (κ2) is 4.75. The van der Waals surface area contributed by atoms with E-state index in [9.17, 15) is 13.2 Å². The first-order valence-corrected chi connectivity index (χ1v) is 5.27. The lowest BCUT2D eigenvalue weighted by atomic mass is 9.85. The molecule has 0 spiro atoms. The summed E-state index contributed by atoms with van der Waals surface area (Å²) in [5, 5.41) is 1.92. The average molecular weight is 239 g/mol. The van der Waals surface area contributed by atoms with Gasteiger partial charge in [0.25, 0.3) is 6.55 Å². The van der Waals surface area contributed by atoms with Crippen LogP contribution in [0, 0.1) is 0 Å². The van der Waals surface area contributed by atoms with E-state index in [-0.39, 0.29) is 0 Å². The van der Waals surface area contributed by atoms with Crippen LogP contribution in [0.3, 0.4) is 0 Å². The molecular formula is C13H12F3N. The zero-order valence-electron chi connectivity index (χ0n) is 8.98. The molecule has 4 heteroatoms. The zero-order valence-corrected chi connectivity index (χ0v) is 8.98. The number of alkyl halides is 3. The fraction of sp³-hybridized carbons (Fsp3) is 0.231. The summed E-state index contributed by atoms with van der Waals surface area (Å²) in [6, 6.07) is 7.23. The Morgan fingerprint density at radius 3 is 2.47 bits per heavy atom. The minimum atomic E-state index is -2.75. The predicted molar refractivity (Wildman–Crippen MR) is 60.4 cm³/mol. The Balaban J connectivity index is 2.33. The molecule has 0 radical (unpaired) electrons. The minimum absolute atomic E-state index is 0.360. The van der Waals surface area contributed by atoms with Crippen molar-refractivity contribution in [1.29, 1.82) is 0 Å². The van der Waals surface area contributed by atoms with Gasteiger partial charge in [-0.1, -0.05) is 48.6 Å². The van der Waals surface area contributed by atoms with Crippen LogP contribution in [0.5, 0.6) is 0 Å². The fourth-order valence-electron chi connectivity index (χ4n) is 1.90. The van der Waals surface area contributed by atoms with Gasteiger partial charge in [0.2, 0.25) is 0 Å².